The Morgan fingerprint density at radius 2 is 1.85 bits per heavy atom. The topological polar surface area (TPSA) is 56.0 Å². The van der Waals surface area contributed by atoms with Gasteiger partial charge in [0.2, 0.25) is 0 Å². The number of aromatic nitrogens is 1. The molecule has 1 aromatic heterocycles. The lowest BCUT2D eigenvalue weighted by molar-refractivity contribution is -0.384. The molecule has 0 spiro atoms. The molecule has 8 heteroatoms. The predicted molar refractivity (Wildman–Crippen MR) is 61.3 cm³/mol. The Kier molecular flexibility index (Phi) is 3.39. The minimum atomic E-state index is -4.60. The first kappa shape index (κ1) is 13.9. The summed E-state index contributed by atoms with van der Waals surface area (Å²) in [6, 6.07) is 4.42. The lowest BCUT2D eigenvalue weighted by Crippen LogP contribution is -2.07. The number of pyridine rings is 1. The van der Waals surface area contributed by atoms with Gasteiger partial charge in [-0.05, 0) is 18.2 Å². The van der Waals surface area contributed by atoms with Crippen molar-refractivity contribution in [3.05, 3.63) is 58.2 Å². The molecular formula is C12H6F4N2O2. The van der Waals surface area contributed by atoms with Gasteiger partial charge >= 0.3 is 6.18 Å². The molecular weight excluding hydrogens is 280 g/mol. The van der Waals surface area contributed by atoms with Crippen LogP contribution in [0.5, 0.6) is 0 Å². The first-order valence-electron chi connectivity index (χ1n) is 5.26. The third kappa shape index (κ3) is 2.73. The van der Waals surface area contributed by atoms with Gasteiger partial charge in [0.05, 0.1) is 10.5 Å². The molecule has 0 N–H and O–H groups in total. The quantitative estimate of drug-likeness (QED) is 0.479. The van der Waals surface area contributed by atoms with Crippen LogP contribution in [0.2, 0.25) is 0 Å². The van der Waals surface area contributed by atoms with Crippen LogP contribution in [0.15, 0.2) is 36.5 Å². The Labute approximate surface area is 109 Å². The highest BCUT2D eigenvalue weighted by molar-refractivity contribution is 5.72. The second-order valence-corrected chi connectivity index (χ2v) is 3.85. The molecule has 1 aromatic carbocycles. The average Bonchev–Trinajstić information content (AvgIpc) is 2.37. The fraction of sp³-hybridized carbons (Fsp3) is 0.0833. The second-order valence-electron chi connectivity index (χ2n) is 3.85. The summed E-state index contributed by atoms with van der Waals surface area (Å²) in [5, 5.41) is 10.8. The smallest absolute Gasteiger partial charge is 0.258 e. The van der Waals surface area contributed by atoms with Gasteiger partial charge < -0.3 is 0 Å². The number of hydrogen-bond donors (Lipinski definition) is 0. The van der Waals surface area contributed by atoms with Crippen LogP contribution in [0.25, 0.3) is 11.1 Å². The Morgan fingerprint density at radius 3 is 2.35 bits per heavy atom. The molecule has 0 unspecified atom stereocenters. The molecule has 0 atom stereocenters. The lowest BCUT2D eigenvalue weighted by Gasteiger charge is -2.07. The molecule has 0 saturated heterocycles. The Bertz CT molecular complexity index is 653. The number of hydrogen-bond acceptors (Lipinski definition) is 3. The van der Waals surface area contributed by atoms with Crippen molar-refractivity contribution in [3.63, 3.8) is 0 Å². The summed E-state index contributed by atoms with van der Waals surface area (Å²) in [4.78, 5) is 13.3. The van der Waals surface area contributed by atoms with Crippen molar-refractivity contribution in [2.75, 3.05) is 0 Å². The predicted octanol–water partition coefficient (Wildman–Crippen LogP) is 3.81. The molecule has 1 heterocycles. The maximum Gasteiger partial charge on any atom is 0.433 e. The molecule has 2 aromatic rings. The van der Waals surface area contributed by atoms with Crippen LogP contribution < -0.4 is 0 Å². The highest BCUT2D eigenvalue weighted by atomic mass is 19.4. The van der Waals surface area contributed by atoms with E-state index in [9.17, 15) is 27.7 Å². The average molecular weight is 286 g/mol. The van der Waals surface area contributed by atoms with Gasteiger partial charge in [-0.25, -0.2) is 4.39 Å². The summed E-state index contributed by atoms with van der Waals surface area (Å²) < 4.78 is 50.2. The molecule has 0 bridgehead atoms. The first-order chi connectivity index (χ1) is 9.29. The normalized spacial score (nSPS) is 11.4. The van der Waals surface area contributed by atoms with Crippen LogP contribution in [-0.4, -0.2) is 9.91 Å². The maximum absolute atomic E-state index is 13.1. The monoisotopic (exact) mass is 286 g/mol. The Balaban J connectivity index is 2.52. The molecule has 0 saturated carbocycles. The summed E-state index contributed by atoms with van der Waals surface area (Å²) >= 11 is 0. The number of benzene rings is 1. The molecule has 2 rings (SSSR count). The van der Waals surface area contributed by atoms with Gasteiger partial charge in [0, 0.05) is 17.8 Å². The summed E-state index contributed by atoms with van der Waals surface area (Å²) in [6.07, 6.45) is -3.78. The summed E-state index contributed by atoms with van der Waals surface area (Å²) in [6.45, 7) is 0. The van der Waals surface area contributed by atoms with E-state index in [1.807, 2.05) is 0 Å². The molecule has 0 amide bonds. The number of halogens is 4. The van der Waals surface area contributed by atoms with Gasteiger partial charge in [0.25, 0.3) is 5.69 Å². The van der Waals surface area contributed by atoms with Gasteiger partial charge in [-0.2, -0.15) is 13.2 Å². The van der Waals surface area contributed by atoms with E-state index in [1.165, 1.54) is 0 Å². The number of nitro benzene ring substituents is 1. The number of nitro groups is 1. The van der Waals surface area contributed by atoms with Crippen LogP contribution in [-0.2, 0) is 6.18 Å². The van der Waals surface area contributed by atoms with Crippen LogP contribution in [0, 0.1) is 15.9 Å². The van der Waals surface area contributed by atoms with Gasteiger partial charge in [-0.3, -0.25) is 15.1 Å². The molecule has 0 aliphatic carbocycles. The summed E-state index contributed by atoms with van der Waals surface area (Å²) in [5.74, 6) is -0.731. The Hall–Kier alpha value is -2.51. The minimum absolute atomic E-state index is 0.0317. The summed E-state index contributed by atoms with van der Waals surface area (Å²) in [7, 11) is 0. The van der Waals surface area contributed by atoms with Crippen LogP contribution in [0.3, 0.4) is 0 Å². The van der Waals surface area contributed by atoms with Crippen LogP contribution in [0.4, 0.5) is 23.2 Å². The largest absolute Gasteiger partial charge is 0.433 e. The van der Waals surface area contributed by atoms with Gasteiger partial charge in [-0.1, -0.05) is 6.07 Å². The molecule has 20 heavy (non-hydrogen) atoms. The number of rotatable bonds is 2. The molecule has 4 nitrogen and oxygen atoms in total. The number of alkyl halides is 3. The van der Waals surface area contributed by atoms with Crippen molar-refractivity contribution in [1.29, 1.82) is 0 Å². The minimum Gasteiger partial charge on any atom is -0.258 e. The molecule has 0 radical (unpaired) electrons. The van der Waals surface area contributed by atoms with E-state index in [1.54, 1.807) is 0 Å². The van der Waals surface area contributed by atoms with Crippen molar-refractivity contribution in [2.45, 2.75) is 6.18 Å². The van der Waals surface area contributed by atoms with Gasteiger partial charge in [0.1, 0.15) is 11.5 Å². The van der Waals surface area contributed by atoms with Crippen molar-refractivity contribution in [2.24, 2.45) is 0 Å². The fourth-order valence-corrected chi connectivity index (χ4v) is 1.62. The zero-order chi connectivity index (χ0) is 14.9. The van der Waals surface area contributed by atoms with E-state index in [-0.39, 0.29) is 11.1 Å². The van der Waals surface area contributed by atoms with Crippen molar-refractivity contribution >= 4 is 5.69 Å². The zero-order valence-corrected chi connectivity index (χ0v) is 9.69. The third-order valence-corrected chi connectivity index (χ3v) is 2.52. The third-order valence-electron chi connectivity index (χ3n) is 2.52. The van der Waals surface area contributed by atoms with E-state index < -0.39 is 28.3 Å². The molecule has 0 aliphatic rings. The molecule has 104 valence electrons. The van der Waals surface area contributed by atoms with Crippen molar-refractivity contribution < 1.29 is 22.5 Å². The highest BCUT2D eigenvalue weighted by Gasteiger charge is 2.32. The summed E-state index contributed by atoms with van der Waals surface area (Å²) in [5.41, 5.74) is -1.63. The van der Waals surface area contributed by atoms with E-state index in [2.05, 4.69) is 4.98 Å². The highest BCUT2D eigenvalue weighted by Crippen LogP contribution is 2.32. The van der Waals surface area contributed by atoms with Crippen molar-refractivity contribution in [1.82, 2.24) is 4.98 Å². The standard InChI is InChI=1S/C12H6F4N2O2/c13-8-2-3-10(18(19)20)9(5-8)7-1-4-11(17-6-7)12(14,15)16/h1-6H. The lowest BCUT2D eigenvalue weighted by atomic mass is 10.1. The molecule has 0 fully saturated rings. The fourth-order valence-electron chi connectivity index (χ4n) is 1.62. The van der Waals surface area contributed by atoms with E-state index in [0.717, 1.165) is 30.5 Å². The van der Waals surface area contributed by atoms with E-state index in [0.29, 0.717) is 6.07 Å². The van der Waals surface area contributed by atoms with Crippen molar-refractivity contribution in [3.8, 4) is 11.1 Å². The number of nitrogens with zero attached hydrogens (tertiary/aromatic N) is 2. The van der Waals surface area contributed by atoms with E-state index >= 15 is 0 Å². The zero-order valence-electron chi connectivity index (χ0n) is 9.69. The molecule has 0 aliphatic heterocycles. The first-order valence-corrected chi connectivity index (χ1v) is 5.26. The van der Waals surface area contributed by atoms with Crippen LogP contribution in [0.1, 0.15) is 5.69 Å². The van der Waals surface area contributed by atoms with Gasteiger partial charge in [0.15, 0.2) is 0 Å². The second kappa shape index (κ2) is 4.87. The van der Waals surface area contributed by atoms with Crippen LogP contribution >= 0.6 is 0 Å². The SMILES string of the molecule is O=[N+]([O-])c1ccc(F)cc1-c1ccc(C(F)(F)F)nc1. The van der Waals surface area contributed by atoms with E-state index in [4.69, 9.17) is 0 Å². The Morgan fingerprint density at radius 1 is 1.15 bits per heavy atom. The van der Waals surface area contributed by atoms with Gasteiger partial charge in [-0.15, -0.1) is 0 Å². The maximum atomic E-state index is 13.1.